The van der Waals surface area contributed by atoms with Gasteiger partial charge in [-0.15, -0.1) is 0 Å². The van der Waals surface area contributed by atoms with Crippen LogP contribution in [0.15, 0.2) is 18.2 Å². The van der Waals surface area contributed by atoms with E-state index in [0.717, 1.165) is 12.2 Å². The molecule has 2 aliphatic rings. The van der Waals surface area contributed by atoms with Gasteiger partial charge in [0.05, 0.1) is 7.11 Å². The summed E-state index contributed by atoms with van der Waals surface area (Å²) in [4.78, 5) is 6.36. The third-order valence-electron chi connectivity index (χ3n) is 5.13. The van der Waals surface area contributed by atoms with Crippen LogP contribution in [0.2, 0.25) is 0 Å². The first-order valence-electron chi connectivity index (χ1n) is 7.69. The van der Waals surface area contributed by atoms with Crippen LogP contribution in [0, 0.1) is 0 Å². The molecular weight excluding hydrogens is 248 g/mol. The lowest BCUT2D eigenvalue weighted by molar-refractivity contribution is 0.165. The van der Waals surface area contributed by atoms with E-state index >= 15 is 0 Å². The second-order valence-electron chi connectivity index (χ2n) is 6.32. The number of nitrogens with zero attached hydrogens (tertiary/aromatic N) is 1. The van der Waals surface area contributed by atoms with E-state index in [4.69, 9.17) is 4.74 Å². The number of hydrogen-bond donors (Lipinski definition) is 1. The van der Waals surface area contributed by atoms with E-state index in [1.165, 1.54) is 42.5 Å². The third kappa shape index (κ3) is 1.76. The number of ether oxygens (including phenoxy) is 1. The van der Waals surface area contributed by atoms with Crippen molar-refractivity contribution in [1.82, 2.24) is 9.88 Å². The SMILES string of the molecule is COc1ccc2c3c([nH]c2c1)C1CCCN(C1)C(C)C3. The van der Waals surface area contributed by atoms with Gasteiger partial charge in [-0.25, -0.2) is 0 Å². The van der Waals surface area contributed by atoms with Crippen LogP contribution in [0.4, 0.5) is 0 Å². The van der Waals surface area contributed by atoms with Crippen molar-refractivity contribution in [3.8, 4) is 5.75 Å². The summed E-state index contributed by atoms with van der Waals surface area (Å²) in [6, 6.07) is 7.09. The predicted molar refractivity (Wildman–Crippen MR) is 81.6 cm³/mol. The number of fused-ring (bicyclic) bond motifs is 6. The van der Waals surface area contributed by atoms with Gasteiger partial charge in [0.15, 0.2) is 0 Å². The van der Waals surface area contributed by atoms with Crippen molar-refractivity contribution in [2.24, 2.45) is 0 Å². The molecule has 0 spiro atoms. The molecule has 3 heterocycles. The fraction of sp³-hybridized carbons (Fsp3) is 0.529. The van der Waals surface area contributed by atoms with Crippen molar-refractivity contribution in [2.45, 2.75) is 38.1 Å². The lowest BCUT2D eigenvalue weighted by Gasteiger charge is -2.33. The molecule has 3 heteroatoms. The first kappa shape index (κ1) is 12.3. The average molecular weight is 270 g/mol. The fourth-order valence-electron chi connectivity index (χ4n) is 4.02. The summed E-state index contributed by atoms with van der Waals surface area (Å²) in [5, 5.41) is 1.39. The molecule has 3 unspecified atom stereocenters. The van der Waals surface area contributed by atoms with E-state index in [1.807, 2.05) is 0 Å². The Labute approximate surface area is 119 Å². The van der Waals surface area contributed by atoms with Crippen molar-refractivity contribution in [3.63, 3.8) is 0 Å². The summed E-state index contributed by atoms with van der Waals surface area (Å²) < 4.78 is 5.35. The van der Waals surface area contributed by atoms with Crippen molar-refractivity contribution in [3.05, 3.63) is 29.5 Å². The molecule has 3 atom stereocenters. The number of rotatable bonds is 1. The molecule has 1 aromatic heterocycles. The zero-order valence-corrected chi connectivity index (χ0v) is 12.3. The van der Waals surface area contributed by atoms with Crippen molar-refractivity contribution in [1.29, 1.82) is 0 Å². The van der Waals surface area contributed by atoms with E-state index in [1.54, 1.807) is 12.7 Å². The zero-order valence-electron chi connectivity index (χ0n) is 12.3. The monoisotopic (exact) mass is 270 g/mol. The molecule has 106 valence electrons. The first-order valence-corrected chi connectivity index (χ1v) is 7.69. The van der Waals surface area contributed by atoms with E-state index in [2.05, 4.69) is 35.0 Å². The van der Waals surface area contributed by atoms with E-state index in [0.29, 0.717) is 12.0 Å². The number of aromatic nitrogens is 1. The van der Waals surface area contributed by atoms with Gasteiger partial charge in [-0.1, -0.05) is 0 Å². The van der Waals surface area contributed by atoms with Gasteiger partial charge in [0.25, 0.3) is 0 Å². The first-order chi connectivity index (χ1) is 9.76. The molecule has 0 aliphatic carbocycles. The van der Waals surface area contributed by atoms with Crippen LogP contribution in [0.3, 0.4) is 0 Å². The molecule has 1 N–H and O–H groups in total. The van der Waals surface area contributed by atoms with Crippen LogP contribution >= 0.6 is 0 Å². The molecule has 2 aromatic rings. The Balaban J connectivity index is 1.88. The third-order valence-corrected chi connectivity index (χ3v) is 5.13. The minimum absolute atomic E-state index is 0.653. The summed E-state index contributed by atoms with van der Waals surface area (Å²) in [5.41, 5.74) is 4.27. The van der Waals surface area contributed by atoms with Crippen LogP contribution in [-0.2, 0) is 6.42 Å². The van der Waals surface area contributed by atoms with Crippen LogP contribution in [0.1, 0.15) is 36.9 Å². The number of nitrogens with one attached hydrogen (secondary N) is 1. The quantitative estimate of drug-likeness (QED) is 0.861. The van der Waals surface area contributed by atoms with Gasteiger partial charge in [0.2, 0.25) is 0 Å². The van der Waals surface area contributed by atoms with Gasteiger partial charge in [-0.2, -0.15) is 0 Å². The fourth-order valence-corrected chi connectivity index (χ4v) is 4.02. The van der Waals surface area contributed by atoms with Crippen LogP contribution in [-0.4, -0.2) is 36.1 Å². The molecule has 1 aromatic carbocycles. The maximum atomic E-state index is 5.35. The van der Waals surface area contributed by atoms with Crippen LogP contribution < -0.4 is 4.74 Å². The largest absolute Gasteiger partial charge is 0.497 e. The molecule has 1 saturated heterocycles. The van der Waals surface area contributed by atoms with E-state index in [9.17, 15) is 0 Å². The van der Waals surface area contributed by atoms with E-state index in [-0.39, 0.29) is 0 Å². The number of aromatic amines is 1. The Morgan fingerprint density at radius 1 is 1.35 bits per heavy atom. The number of H-pyrrole nitrogens is 1. The standard InChI is InChI=1S/C17H22N2O/c1-11-8-15-14-6-5-13(20-2)9-16(14)18-17(15)12-4-3-7-19(11)10-12/h5-6,9,11-12,18H,3-4,7-8,10H2,1-2H3. The lowest BCUT2D eigenvalue weighted by atomic mass is 9.93. The Morgan fingerprint density at radius 2 is 2.25 bits per heavy atom. The van der Waals surface area contributed by atoms with E-state index < -0.39 is 0 Å². The minimum atomic E-state index is 0.653. The molecular formula is C17H22N2O. The summed E-state index contributed by atoms with van der Waals surface area (Å²) in [7, 11) is 1.73. The van der Waals surface area contributed by atoms with Gasteiger partial charge in [0.1, 0.15) is 5.75 Å². The maximum absolute atomic E-state index is 5.35. The smallest absolute Gasteiger partial charge is 0.120 e. The highest BCUT2D eigenvalue weighted by molar-refractivity contribution is 5.86. The highest BCUT2D eigenvalue weighted by atomic mass is 16.5. The summed E-state index contributed by atoms with van der Waals surface area (Å²) >= 11 is 0. The number of methoxy groups -OCH3 is 1. The topological polar surface area (TPSA) is 28.3 Å². The molecule has 20 heavy (non-hydrogen) atoms. The Hall–Kier alpha value is -1.48. The zero-order chi connectivity index (χ0) is 13.7. The van der Waals surface area contributed by atoms with Crippen molar-refractivity contribution in [2.75, 3.05) is 20.2 Å². The second-order valence-corrected chi connectivity index (χ2v) is 6.32. The van der Waals surface area contributed by atoms with Crippen LogP contribution in [0.5, 0.6) is 5.75 Å². The van der Waals surface area contributed by atoms with Gasteiger partial charge in [0, 0.05) is 41.2 Å². The molecule has 1 fully saturated rings. The molecule has 0 amide bonds. The van der Waals surface area contributed by atoms with Crippen LogP contribution in [0.25, 0.3) is 10.9 Å². The highest BCUT2D eigenvalue weighted by Gasteiger charge is 2.32. The number of piperidine rings is 1. The van der Waals surface area contributed by atoms with Gasteiger partial charge in [-0.3, -0.25) is 4.90 Å². The van der Waals surface area contributed by atoms with Gasteiger partial charge < -0.3 is 9.72 Å². The molecule has 2 aliphatic heterocycles. The summed E-state index contributed by atoms with van der Waals surface area (Å²) in [6.45, 7) is 4.87. The molecule has 3 nitrogen and oxygen atoms in total. The van der Waals surface area contributed by atoms with Gasteiger partial charge in [-0.05, 0) is 50.4 Å². The Morgan fingerprint density at radius 3 is 3.10 bits per heavy atom. The number of benzene rings is 1. The highest BCUT2D eigenvalue weighted by Crippen LogP contribution is 2.38. The molecule has 4 rings (SSSR count). The van der Waals surface area contributed by atoms with Gasteiger partial charge >= 0.3 is 0 Å². The predicted octanol–water partition coefficient (Wildman–Crippen LogP) is 3.30. The Kier molecular flexibility index (Phi) is 2.77. The average Bonchev–Trinajstić information content (AvgIpc) is 2.81. The molecule has 2 bridgehead atoms. The summed E-state index contributed by atoms with van der Waals surface area (Å²) in [6.07, 6.45) is 3.81. The normalized spacial score (nSPS) is 29.0. The molecule has 0 saturated carbocycles. The summed E-state index contributed by atoms with van der Waals surface area (Å²) in [5.74, 6) is 1.62. The molecule has 0 radical (unpaired) electrons. The number of hydrogen-bond acceptors (Lipinski definition) is 2. The second kappa shape index (κ2) is 4.52. The van der Waals surface area contributed by atoms with Crippen molar-refractivity contribution >= 4 is 10.9 Å². The maximum Gasteiger partial charge on any atom is 0.120 e. The van der Waals surface area contributed by atoms with Crippen molar-refractivity contribution < 1.29 is 4.74 Å². The lowest BCUT2D eigenvalue weighted by Crippen LogP contribution is -2.39. The minimum Gasteiger partial charge on any atom is -0.497 e. The Bertz CT molecular complexity index is 646.